The minimum Gasteiger partial charge on any atom is -0.490 e. The van der Waals surface area contributed by atoms with E-state index >= 15 is 0 Å². The topological polar surface area (TPSA) is 84.8 Å². The molecule has 3 rings (SSSR count). The molecule has 1 unspecified atom stereocenters. The molecule has 1 aromatic heterocycles. The lowest BCUT2D eigenvalue weighted by Crippen LogP contribution is -2.38. The lowest BCUT2D eigenvalue weighted by Gasteiger charge is -2.27. The van der Waals surface area contributed by atoms with E-state index in [2.05, 4.69) is 26.7 Å². The average molecular weight is 558 g/mol. The summed E-state index contributed by atoms with van der Waals surface area (Å²) in [5.41, 5.74) is 1.78. The Morgan fingerprint density at radius 2 is 2.10 bits per heavy atom. The first kappa shape index (κ1) is 25.4. The van der Waals surface area contributed by atoms with Crippen molar-refractivity contribution in [3.63, 3.8) is 0 Å². The maximum absolute atomic E-state index is 12.1. The molecule has 7 nitrogen and oxygen atoms in total. The fourth-order valence-corrected chi connectivity index (χ4v) is 4.03. The number of hydrogen-bond donors (Lipinski definition) is 2. The number of aromatic nitrogens is 1. The van der Waals surface area contributed by atoms with Gasteiger partial charge < -0.3 is 20.1 Å². The van der Waals surface area contributed by atoms with Gasteiger partial charge in [-0.05, 0) is 46.1 Å². The Hall–Kier alpha value is -1.88. The van der Waals surface area contributed by atoms with Crippen LogP contribution in [-0.2, 0) is 11.3 Å². The molecule has 1 heterocycles. The number of esters is 1. The quantitative estimate of drug-likeness (QED) is 0.213. The standard InChI is InChI=1S/C22H30N4O3S.HI/c1-5-28-21(27)19-14(2)25-20(30-19)15(3)26-22(23-4)24-13-16-9-6-7-12-18(16)29-17-10-8-11-17;/h6-7,9,12,15,17H,5,8,10-11,13H2,1-4H3,(H2,23,24,26);1H. The Labute approximate surface area is 205 Å². The highest BCUT2D eigenvalue weighted by molar-refractivity contribution is 14.0. The highest BCUT2D eigenvalue weighted by Crippen LogP contribution is 2.28. The monoisotopic (exact) mass is 558 g/mol. The zero-order chi connectivity index (χ0) is 21.5. The van der Waals surface area contributed by atoms with Gasteiger partial charge in [0, 0.05) is 19.2 Å². The summed E-state index contributed by atoms with van der Waals surface area (Å²) >= 11 is 1.35. The fourth-order valence-electron chi connectivity index (χ4n) is 3.06. The van der Waals surface area contributed by atoms with Gasteiger partial charge in [-0.1, -0.05) is 18.2 Å². The van der Waals surface area contributed by atoms with E-state index in [0.29, 0.717) is 35.8 Å². The van der Waals surface area contributed by atoms with Crippen LogP contribution in [0.3, 0.4) is 0 Å². The minimum absolute atomic E-state index is 0. The van der Waals surface area contributed by atoms with Gasteiger partial charge in [-0.15, -0.1) is 35.3 Å². The fraction of sp³-hybridized carbons (Fsp3) is 0.500. The van der Waals surface area contributed by atoms with E-state index in [4.69, 9.17) is 9.47 Å². The number of nitrogens with one attached hydrogen (secondary N) is 2. The van der Waals surface area contributed by atoms with E-state index < -0.39 is 0 Å². The first-order chi connectivity index (χ1) is 14.5. The lowest BCUT2D eigenvalue weighted by atomic mass is 9.96. The summed E-state index contributed by atoms with van der Waals surface area (Å²) in [5.74, 6) is 1.26. The Balaban J connectivity index is 0.00000341. The zero-order valence-corrected chi connectivity index (χ0v) is 21.6. The van der Waals surface area contributed by atoms with Crippen molar-refractivity contribution in [1.29, 1.82) is 0 Å². The number of thiazole rings is 1. The van der Waals surface area contributed by atoms with Gasteiger partial charge in [-0.2, -0.15) is 0 Å². The highest BCUT2D eigenvalue weighted by Gasteiger charge is 2.21. The molecule has 0 amide bonds. The number of nitrogens with zero attached hydrogens (tertiary/aromatic N) is 2. The first-order valence-corrected chi connectivity index (χ1v) is 11.2. The van der Waals surface area contributed by atoms with E-state index in [1.54, 1.807) is 14.0 Å². The van der Waals surface area contributed by atoms with Gasteiger partial charge in [0.05, 0.1) is 24.4 Å². The average Bonchev–Trinajstić information content (AvgIpc) is 3.10. The van der Waals surface area contributed by atoms with Crippen molar-refractivity contribution in [2.24, 2.45) is 4.99 Å². The molecule has 31 heavy (non-hydrogen) atoms. The molecule has 1 atom stereocenters. The lowest BCUT2D eigenvalue weighted by molar-refractivity contribution is 0.0531. The first-order valence-electron chi connectivity index (χ1n) is 10.4. The predicted molar refractivity (Wildman–Crippen MR) is 135 cm³/mol. The van der Waals surface area contributed by atoms with Crippen molar-refractivity contribution < 1.29 is 14.3 Å². The van der Waals surface area contributed by atoms with E-state index in [-0.39, 0.29) is 36.0 Å². The van der Waals surface area contributed by atoms with Crippen LogP contribution in [0, 0.1) is 6.92 Å². The van der Waals surface area contributed by atoms with Gasteiger partial charge in [-0.25, -0.2) is 9.78 Å². The summed E-state index contributed by atoms with van der Waals surface area (Å²) in [4.78, 5) is 21.5. The highest BCUT2D eigenvalue weighted by atomic mass is 127. The number of hydrogen-bond acceptors (Lipinski definition) is 6. The van der Waals surface area contributed by atoms with E-state index in [1.165, 1.54) is 17.8 Å². The van der Waals surface area contributed by atoms with Crippen molar-refractivity contribution in [1.82, 2.24) is 15.6 Å². The number of guanidine groups is 1. The van der Waals surface area contributed by atoms with Crippen molar-refractivity contribution >= 4 is 47.2 Å². The van der Waals surface area contributed by atoms with Gasteiger partial charge >= 0.3 is 5.97 Å². The second-order valence-electron chi connectivity index (χ2n) is 7.26. The predicted octanol–water partition coefficient (Wildman–Crippen LogP) is 4.60. The van der Waals surface area contributed by atoms with E-state index in [1.807, 2.05) is 32.0 Å². The smallest absolute Gasteiger partial charge is 0.350 e. The van der Waals surface area contributed by atoms with Crippen molar-refractivity contribution in [3.05, 3.63) is 45.4 Å². The van der Waals surface area contributed by atoms with Gasteiger partial charge in [0.15, 0.2) is 5.96 Å². The van der Waals surface area contributed by atoms with Gasteiger partial charge in [0.2, 0.25) is 0 Å². The normalized spacial score (nSPS) is 14.8. The van der Waals surface area contributed by atoms with Crippen LogP contribution in [-0.4, -0.2) is 36.7 Å². The van der Waals surface area contributed by atoms with Gasteiger partial charge in [-0.3, -0.25) is 4.99 Å². The van der Waals surface area contributed by atoms with Crippen LogP contribution in [0.15, 0.2) is 29.3 Å². The van der Waals surface area contributed by atoms with Crippen LogP contribution in [0.1, 0.15) is 65.1 Å². The minimum atomic E-state index is -0.323. The summed E-state index contributed by atoms with van der Waals surface area (Å²) in [5, 5.41) is 7.50. The zero-order valence-electron chi connectivity index (χ0n) is 18.4. The third kappa shape index (κ3) is 6.80. The third-order valence-corrected chi connectivity index (χ3v) is 6.31. The molecule has 0 bridgehead atoms. The van der Waals surface area contributed by atoms with Crippen LogP contribution in [0.25, 0.3) is 0 Å². The van der Waals surface area contributed by atoms with Gasteiger partial charge in [0.1, 0.15) is 15.6 Å². The second kappa shape index (κ2) is 12.2. The number of aryl methyl sites for hydroxylation is 1. The molecule has 170 valence electrons. The second-order valence-corrected chi connectivity index (χ2v) is 8.29. The summed E-state index contributed by atoms with van der Waals surface area (Å²) in [6.07, 6.45) is 3.84. The number of benzene rings is 1. The molecule has 9 heteroatoms. The molecule has 1 saturated carbocycles. The molecule has 1 aromatic carbocycles. The van der Waals surface area contributed by atoms with Crippen LogP contribution < -0.4 is 15.4 Å². The van der Waals surface area contributed by atoms with Crippen molar-refractivity contribution in [2.75, 3.05) is 13.7 Å². The molecular weight excluding hydrogens is 527 g/mol. The maximum Gasteiger partial charge on any atom is 0.350 e. The number of carbonyl (C=O) groups excluding carboxylic acids is 1. The number of halogens is 1. The van der Waals surface area contributed by atoms with Crippen molar-refractivity contribution in [2.45, 2.75) is 58.7 Å². The molecule has 0 saturated heterocycles. The van der Waals surface area contributed by atoms with E-state index in [0.717, 1.165) is 29.2 Å². The SMILES string of the molecule is CCOC(=O)c1sc(C(C)NC(=NC)NCc2ccccc2OC2CCC2)nc1C.I. The third-order valence-electron chi connectivity index (χ3n) is 4.99. The summed E-state index contributed by atoms with van der Waals surface area (Å²) in [6.45, 7) is 6.56. The summed E-state index contributed by atoms with van der Waals surface area (Å²) in [7, 11) is 1.73. The molecule has 0 spiro atoms. The molecule has 1 aliphatic rings. The number of aliphatic imine (C=N–C) groups is 1. The van der Waals surface area contributed by atoms with Crippen LogP contribution >= 0.6 is 35.3 Å². The molecular formula is C22H31IN4O3S. The number of rotatable bonds is 8. The molecule has 0 aliphatic heterocycles. The summed E-state index contributed by atoms with van der Waals surface area (Å²) in [6, 6.07) is 7.98. The Bertz CT molecular complexity index is 899. The van der Waals surface area contributed by atoms with Crippen LogP contribution in [0.4, 0.5) is 0 Å². The molecule has 0 radical (unpaired) electrons. The number of carbonyl (C=O) groups is 1. The van der Waals surface area contributed by atoms with Crippen LogP contribution in [0.2, 0.25) is 0 Å². The molecule has 2 aromatic rings. The largest absolute Gasteiger partial charge is 0.490 e. The number of para-hydroxylation sites is 1. The molecule has 1 fully saturated rings. The maximum atomic E-state index is 12.1. The Morgan fingerprint density at radius 1 is 1.35 bits per heavy atom. The van der Waals surface area contributed by atoms with E-state index in [9.17, 15) is 4.79 Å². The van der Waals surface area contributed by atoms with Gasteiger partial charge in [0.25, 0.3) is 0 Å². The summed E-state index contributed by atoms with van der Waals surface area (Å²) < 4.78 is 11.2. The number of ether oxygens (including phenoxy) is 2. The van der Waals surface area contributed by atoms with Crippen LogP contribution in [0.5, 0.6) is 5.75 Å². The molecule has 1 aliphatic carbocycles. The van der Waals surface area contributed by atoms with Crippen molar-refractivity contribution in [3.8, 4) is 5.75 Å². The Kier molecular flexibility index (Phi) is 10.0. The molecule has 2 N–H and O–H groups in total. The Morgan fingerprint density at radius 3 is 2.74 bits per heavy atom.